The van der Waals surface area contributed by atoms with Gasteiger partial charge in [-0.05, 0) is 12.1 Å². The lowest BCUT2D eigenvalue weighted by atomic mass is 10.3. The van der Waals surface area contributed by atoms with E-state index in [4.69, 9.17) is 0 Å². The zero-order valence-corrected chi connectivity index (χ0v) is 8.22. The Balaban J connectivity index is 2.27. The van der Waals surface area contributed by atoms with Crippen LogP contribution in [-0.2, 0) is 0 Å². The lowest BCUT2D eigenvalue weighted by Crippen LogP contribution is -2.37. The summed E-state index contributed by atoms with van der Waals surface area (Å²) in [5, 5.41) is 3.93. The molecule has 0 saturated carbocycles. The normalized spacial score (nSPS) is 21.2. The molecular weight excluding hydrogens is 182 g/mol. The van der Waals surface area contributed by atoms with E-state index < -0.39 is 0 Å². The largest absolute Gasteiger partial charge is 0.275 e. The number of rotatable bonds is 1. The van der Waals surface area contributed by atoms with Crippen LogP contribution in [0.3, 0.4) is 0 Å². The Morgan fingerprint density at radius 2 is 2.00 bits per heavy atom. The van der Waals surface area contributed by atoms with Crippen molar-refractivity contribution in [3.05, 3.63) is 30.3 Å². The minimum Gasteiger partial charge on any atom is -0.275 e. The van der Waals surface area contributed by atoms with Gasteiger partial charge in [0.2, 0.25) is 0 Å². The first-order chi connectivity index (χ1) is 6.29. The van der Waals surface area contributed by atoms with Gasteiger partial charge in [0.05, 0.1) is 5.69 Å². The Hall–Kier alpha value is -1.16. The standard InChI is InChI=1S/C9H11N3S/c1-11-7-10-9(13)12(11)8-5-3-2-4-6-8/h2-7,9,13H,1H3. The molecular formula is C9H11N3S. The van der Waals surface area contributed by atoms with E-state index in [1.54, 1.807) is 6.34 Å². The van der Waals surface area contributed by atoms with Crippen molar-refractivity contribution < 1.29 is 0 Å². The van der Waals surface area contributed by atoms with E-state index in [9.17, 15) is 0 Å². The molecule has 4 heteroatoms. The predicted octanol–water partition coefficient (Wildman–Crippen LogP) is 1.60. The Kier molecular flexibility index (Phi) is 2.14. The summed E-state index contributed by atoms with van der Waals surface area (Å²) in [6.45, 7) is 0. The highest BCUT2D eigenvalue weighted by atomic mass is 32.1. The maximum atomic E-state index is 4.34. The molecule has 0 spiro atoms. The number of thiol groups is 1. The molecule has 0 amide bonds. The molecule has 1 aliphatic heterocycles. The Morgan fingerprint density at radius 3 is 2.54 bits per heavy atom. The zero-order valence-electron chi connectivity index (χ0n) is 7.33. The van der Waals surface area contributed by atoms with Crippen LogP contribution in [0.15, 0.2) is 35.3 Å². The highest BCUT2D eigenvalue weighted by Crippen LogP contribution is 2.22. The third-order valence-electron chi connectivity index (χ3n) is 1.95. The maximum Gasteiger partial charge on any atom is 0.186 e. The van der Waals surface area contributed by atoms with Crippen molar-refractivity contribution in [1.29, 1.82) is 0 Å². The summed E-state index contributed by atoms with van der Waals surface area (Å²) in [7, 11) is 1.95. The molecule has 0 fully saturated rings. The number of hydrogen-bond acceptors (Lipinski definition) is 4. The molecule has 1 unspecified atom stereocenters. The molecule has 0 aliphatic carbocycles. The van der Waals surface area contributed by atoms with E-state index in [1.165, 1.54) is 0 Å². The van der Waals surface area contributed by atoms with E-state index in [-0.39, 0.29) is 5.50 Å². The van der Waals surface area contributed by atoms with E-state index >= 15 is 0 Å². The van der Waals surface area contributed by atoms with E-state index in [0.29, 0.717) is 0 Å². The second-order valence-corrected chi connectivity index (χ2v) is 3.33. The zero-order chi connectivity index (χ0) is 9.26. The smallest absolute Gasteiger partial charge is 0.186 e. The lowest BCUT2D eigenvalue weighted by Gasteiger charge is -2.28. The van der Waals surface area contributed by atoms with Gasteiger partial charge in [-0.2, -0.15) is 0 Å². The number of para-hydroxylation sites is 1. The molecule has 2 rings (SSSR count). The quantitative estimate of drug-likeness (QED) is 0.683. The molecule has 1 aliphatic rings. The first kappa shape index (κ1) is 8.44. The van der Waals surface area contributed by atoms with Crippen molar-refractivity contribution in [3.63, 3.8) is 0 Å². The maximum absolute atomic E-state index is 4.34. The second kappa shape index (κ2) is 3.30. The van der Waals surface area contributed by atoms with Crippen molar-refractivity contribution in [2.24, 2.45) is 4.99 Å². The summed E-state index contributed by atoms with van der Waals surface area (Å²) in [4.78, 5) is 4.17. The van der Waals surface area contributed by atoms with Gasteiger partial charge in [-0.1, -0.05) is 18.2 Å². The summed E-state index contributed by atoms with van der Waals surface area (Å²) in [5.41, 5.74) is 0.995. The molecule has 1 aromatic rings. The van der Waals surface area contributed by atoms with Gasteiger partial charge in [0, 0.05) is 7.05 Å². The number of hydrazine groups is 1. The van der Waals surface area contributed by atoms with Crippen LogP contribution in [0.1, 0.15) is 0 Å². The molecule has 1 heterocycles. The molecule has 1 atom stereocenters. The SMILES string of the molecule is CN1C=NC(S)N1c1ccccc1. The molecule has 0 N–H and O–H groups in total. The average Bonchev–Trinajstić information content (AvgIpc) is 2.48. The van der Waals surface area contributed by atoms with E-state index in [0.717, 1.165) is 5.69 Å². The second-order valence-electron chi connectivity index (χ2n) is 2.86. The van der Waals surface area contributed by atoms with Gasteiger partial charge >= 0.3 is 0 Å². The van der Waals surface area contributed by atoms with E-state index in [2.05, 4.69) is 17.6 Å². The number of nitrogens with zero attached hydrogens (tertiary/aromatic N) is 3. The molecule has 0 radical (unpaired) electrons. The Bertz CT molecular complexity index is 300. The van der Waals surface area contributed by atoms with Crippen molar-refractivity contribution in [2.45, 2.75) is 5.50 Å². The van der Waals surface area contributed by atoms with Gasteiger partial charge in [0.15, 0.2) is 5.50 Å². The van der Waals surface area contributed by atoms with Crippen molar-refractivity contribution in [3.8, 4) is 0 Å². The van der Waals surface area contributed by atoms with Crippen LogP contribution < -0.4 is 5.01 Å². The molecule has 0 bridgehead atoms. The topological polar surface area (TPSA) is 18.8 Å². The number of aliphatic imine (C=N–C) groups is 1. The fourth-order valence-corrected chi connectivity index (χ4v) is 1.69. The average molecular weight is 193 g/mol. The minimum absolute atomic E-state index is 0.104. The summed E-state index contributed by atoms with van der Waals surface area (Å²) >= 11 is 4.34. The molecule has 68 valence electrons. The first-order valence-corrected chi connectivity index (χ1v) is 4.59. The third kappa shape index (κ3) is 1.49. The van der Waals surface area contributed by atoms with Gasteiger partial charge in [-0.25, -0.2) is 4.99 Å². The summed E-state index contributed by atoms with van der Waals surface area (Å²) in [6, 6.07) is 10.1. The van der Waals surface area contributed by atoms with Crippen LogP contribution in [0.2, 0.25) is 0 Å². The lowest BCUT2D eigenvalue weighted by molar-refractivity contribution is 0.496. The first-order valence-electron chi connectivity index (χ1n) is 4.07. The fourth-order valence-electron chi connectivity index (χ4n) is 1.33. The van der Waals surface area contributed by atoms with Crippen molar-refractivity contribution in [2.75, 3.05) is 12.1 Å². The van der Waals surface area contributed by atoms with Gasteiger partial charge in [-0.3, -0.25) is 10.0 Å². The minimum atomic E-state index is -0.104. The van der Waals surface area contributed by atoms with Crippen molar-refractivity contribution >= 4 is 24.7 Å². The monoisotopic (exact) mass is 193 g/mol. The van der Waals surface area contributed by atoms with Crippen LogP contribution in [0.5, 0.6) is 0 Å². The number of anilines is 1. The highest BCUT2D eigenvalue weighted by Gasteiger charge is 2.21. The summed E-state index contributed by atoms with van der Waals surface area (Å²) in [5.74, 6) is 0. The number of hydrogen-bond donors (Lipinski definition) is 1. The van der Waals surface area contributed by atoms with Crippen LogP contribution in [-0.4, -0.2) is 23.9 Å². The van der Waals surface area contributed by atoms with Gasteiger partial charge < -0.3 is 0 Å². The van der Waals surface area contributed by atoms with Gasteiger partial charge in [-0.15, -0.1) is 12.6 Å². The van der Waals surface area contributed by atoms with E-state index in [1.807, 2.05) is 47.4 Å². The van der Waals surface area contributed by atoms with Crippen LogP contribution in [0, 0.1) is 0 Å². The molecule has 1 aromatic carbocycles. The Labute approximate surface area is 83.1 Å². The van der Waals surface area contributed by atoms with Crippen LogP contribution in [0.4, 0.5) is 5.69 Å². The van der Waals surface area contributed by atoms with Gasteiger partial charge in [0.1, 0.15) is 6.34 Å². The molecule has 3 nitrogen and oxygen atoms in total. The summed E-state index contributed by atoms with van der Waals surface area (Å²) < 4.78 is 0. The highest BCUT2D eigenvalue weighted by molar-refractivity contribution is 7.81. The number of benzene rings is 1. The third-order valence-corrected chi connectivity index (χ3v) is 2.30. The van der Waals surface area contributed by atoms with Gasteiger partial charge in [0.25, 0.3) is 0 Å². The predicted molar refractivity (Wildman–Crippen MR) is 58.0 cm³/mol. The molecule has 0 saturated heterocycles. The Morgan fingerprint density at radius 1 is 1.31 bits per heavy atom. The van der Waals surface area contributed by atoms with Crippen molar-refractivity contribution in [1.82, 2.24) is 5.01 Å². The van der Waals surface area contributed by atoms with Crippen LogP contribution >= 0.6 is 12.6 Å². The molecule has 13 heavy (non-hydrogen) atoms. The molecule has 0 aromatic heterocycles. The van der Waals surface area contributed by atoms with Crippen LogP contribution in [0.25, 0.3) is 0 Å². The summed E-state index contributed by atoms with van der Waals surface area (Å²) in [6.07, 6.45) is 1.77. The fraction of sp³-hybridized carbons (Fsp3) is 0.222.